The van der Waals surface area contributed by atoms with E-state index < -0.39 is 16.6 Å². The van der Waals surface area contributed by atoms with E-state index in [-0.39, 0.29) is 34.8 Å². The topological polar surface area (TPSA) is 38.7 Å². The van der Waals surface area contributed by atoms with Gasteiger partial charge in [0.15, 0.2) is 16.6 Å². The minimum Gasteiger partial charge on any atom is -0.413 e. The lowest BCUT2D eigenvalue weighted by molar-refractivity contribution is 0.0419. The third-order valence-corrected chi connectivity index (χ3v) is 15.6. The molecule has 164 valence electrons. The molecule has 0 radical (unpaired) electrons. The highest BCUT2D eigenvalue weighted by molar-refractivity contribution is 6.74. The van der Waals surface area contributed by atoms with Crippen molar-refractivity contribution in [2.24, 2.45) is 5.92 Å². The molecule has 3 atom stereocenters. The molecular weight excluding hydrogens is 380 g/mol. The summed E-state index contributed by atoms with van der Waals surface area (Å²) in [6.45, 7) is 26.7. The summed E-state index contributed by atoms with van der Waals surface area (Å²) in [5.41, 5.74) is 0. The first-order valence-electron chi connectivity index (χ1n) is 10.6. The lowest BCUT2D eigenvalue weighted by Gasteiger charge is -2.45. The summed E-state index contributed by atoms with van der Waals surface area (Å²) >= 11 is 0. The first-order chi connectivity index (χ1) is 12.5. The highest BCUT2D eigenvalue weighted by Crippen LogP contribution is 2.42. The molecule has 5 heteroatoms. The Morgan fingerprint density at radius 2 is 1.46 bits per heavy atom. The van der Waals surface area contributed by atoms with Crippen LogP contribution in [0.4, 0.5) is 0 Å². The zero-order chi connectivity index (χ0) is 22.4. The van der Waals surface area contributed by atoms with Crippen LogP contribution in [-0.2, 0) is 8.85 Å². The Bertz CT molecular complexity index is 521. The summed E-state index contributed by atoms with van der Waals surface area (Å²) in [6, 6.07) is 0. The summed E-state index contributed by atoms with van der Waals surface area (Å²) < 4.78 is 13.5. The number of aliphatic hydroxyl groups excluding tert-OH is 1. The van der Waals surface area contributed by atoms with Crippen molar-refractivity contribution in [3.8, 4) is 12.3 Å². The second-order valence-electron chi connectivity index (χ2n) is 10.9. The minimum atomic E-state index is -2.00. The molecule has 0 rings (SSSR count). The second-order valence-corrected chi connectivity index (χ2v) is 20.4. The van der Waals surface area contributed by atoms with E-state index in [9.17, 15) is 5.11 Å². The molecule has 0 amide bonds. The molecule has 0 bridgehead atoms. The largest absolute Gasteiger partial charge is 0.413 e. The monoisotopic (exact) mass is 426 g/mol. The summed E-state index contributed by atoms with van der Waals surface area (Å²) in [7, 11) is -3.98. The van der Waals surface area contributed by atoms with Crippen molar-refractivity contribution >= 4 is 16.6 Å². The van der Waals surface area contributed by atoms with Crippen LogP contribution in [0.15, 0.2) is 12.7 Å². The summed E-state index contributed by atoms with van der Waals surface area (Å²) in [5, 5.41) is 9.69. The highest BCUT2D eigenvalue weighted by Gasteiger charge is 2.44. The average molecular weight is 427 g/mol. The molecule has 0 aromatic rings. The van der Waals surface area contributed by atoms with Gasteiger partial charge in [-0.25, -0.2) is 0 Å². The molecule has 1 N–H and O–H groups in total. The van der Waals surface area contributed by atoms with Gasteiger partial charge in [0, 0.05) is 18.9 Å². The molecule has 0 aromatic heterocycles. The molecule has 0 aromatic carbocycles. The number of hydrogen-bond donors (Lipinski definition) is 1. The normalized spacial score (nSPS) is 16.9. The molecule has 0 spiro atoms. The van der Waals surface area contributed by atoms with Crippen molar-refractivity contribution in [2.75, 3.05) is 6.61 Å². The van der Waals surface area contributed by atoms with Crippen LogP contribution in [0.1, 0.15) is 60.8 Å². The van der Waals surface area contributed by atoms with E-state index in [4.69, 9.17) is 15.3 Å². The van der Waals surface area contributed by atoms with Gasteiger partial charge in [0.25, 0.3) is 0 Å². The van der Waals surface area contributed by atoms with Crippen LogP contribution in [0, 0.1) is 18.3 Å². The number of rotatable bonds is 11. The molecule has 28 heavy (non-hydrogen) atoms. The van der Waals surface area contributed by atoms with Gasteiger partial charge in [-0.3, -0.25) is 0 Å². The quantitative estimate of drug-likeness (QED) is 0.237. The average Bonchev–Trinajstić information content (AvgIpc) is 2.51. The predicted octanol–water partition coefficient (Wildman–Crippen LogP) is 6.37. The van der Waals surface area contributed by atoms with Crippen molar-refractivity contribution < 1.29 is 14.0 Å². The number of terminal acetylenes is 1. The lowest BCUT2D eigenvalue weighted by Crippen LogP contribution is -2.50. The van der Waals surface area contributed by atoms with Crippen LogP contribution in [0.3, 0.4) is 0 Å². The molecule has 3 nitrogen and oxygen atoms in total. The van der Waals surface area contributed by atoms with Crippen LogP contribution < -0.4 is 0 Å². The molecule has 0 aliphatic heterocycles. The van der Waals surface area contributed by atoms with E-state index in [2.05, 4.69) is 80.2 Å². The SMILES string of the molecule is C#CC[C@@H](O[Si](C)(C)C(C)(C)C)[C@H](CCCO)[C@@H](C=C)O[Si](C)(C)C(C)(C)C. The first-order valence-corrected chi connectivity index (χ1v) is 16.4. The van der Waals surface area contributed by atoms with E-state index >= 15 is 0 Å². The van der Waals surface area contributed by atoms with E-state index in [0.717, 1.165) is 6.42 Å². The molecule has 0 fully saturated rings. The van der Waals surface area contributed by atoms with Gasteiger partial charge >= 0.3 is 0 Å². The van der Waals surface area contributed by atoms with Crippen LogP contribution in [0.2, 0.25) is 36.3 Å². The van der Waals surface area contributed by atoms with E-state index in [1.165, 1.54) is 0 Å². The Labute approximate surface area is 177 Å². The van der Waals surface area contributed by atoms with Gasteiger partial charge in [-0.05, 0) is 49.1 Å². The zero-order valence-electron chi connectivity index (χ0n) is 20.2. The third-order valence-electron chi connectivity index (χ3n) is 6.64. The molecule has 0 aliphatic rings. The van der Waals surface area contributed by atoms with Crippen molar-refractivity contribution in [1.82, 2.24) is 0 Å². The summed E-state index contributed by atoms with van der Waals surface area (Å²) in [5.74, 6) is 2.91. The Morgan fingerprint density at radius 3 is 1.82 bits per heavy atom. The molecular formula is C23H46O3Si2. The fraction of sp³-hybridized carbons (Fsp3) is 0.826. The highest BCUT2D eigenvalue weighted by atomic mass is 28.4. The smallest absolute Gasteiger partial charge is 0.192 e. The fourth-order valence-corrected chi connectivity index (χ4v) is 5.34. The van der Waals surface area contributed by atoms with Crippen molar-refractivity contribution in [3.63, 3.8) is 0 Å². The van der Waals surface area contributed by atoms with Gasteiger partial charge in [-0.15, -0.1) is 18.9 Å². The van der Waals surface area contributed by atoms with E-state index in [0.29, 0.717) is 12.8 Å². The minimum absolute atomic E-state index is 0.0870. The number of hydrogen-bond acceptors (Lipinski definition) is 3. The van der Waals surface area contributed by atoms with Gasteiger partial charge in [0.2, 0.25) is 0 Å². The maximum Gasteiger partial charge on any atom is 0.192 e. The maximum absolute atomic E-state index is 9.47. The molecule has 0 saturated carbocycles. The molecule has 0 heterocycles. The van der Waals surface area contributed by atoms with Gasteiger partial charge in [0.1, 0.15) is 0 Å². The fourth-order valence-electron chi connectivity index (χ4n) is 2.67. The molecule has 0 aliphatic carbocycles. The van der Waals surface area contributed by atoms with Gasteiger partial charge in [0.05, 0.1) is 12.2 Å². The van der Waals surface area contributed by atoms with Crippen LogP contribution in [0.25, 0.3) is 0 Å². The first kappa shape index (κ1) is 27.6. The Hall–Kier alpha value is -0.386. The lowest BCUT2D eigenvalue weighted by atomic mass is 9.89. The van der Waals surface area contributed by atoms with Gasteiger partial charge in [-0.1, -0.05) is 47.6 Å². The predicted molar refractivity (Wildman–Crippen MR) is 128 cm³/mol. The van der Waals surface area contributed by atoms with Crippen LogP contribution in [-0.4, -0.2) is 40.6 Å². The summed E-state index contributed by atoms with van der Waals surface area (Å²) in [6.07, 6.45) is 9.50. The third kappa shape index (κ3) is 7.80. The molecule has 0 saturated heterocycles. The van der Waals surface area contributed by atoms with Gasteiger partial charge < -0.3 is 14.0 Å². The van der Waals surface area contributed by atoms with E-state index in [1.807, 2.05) is 6.08 Å². The summed E-state index contributed by atoms with van der Waals surface area (Å²) in [4.78, 5) is 0. The van der Waals surface area contributed by atoms with Crippen LogP contribution >= 0.6 is 0 Å². The zero-order valence-corrected chi connectivity index (χ0v) is 22.2. The van der Waals surface area contributed by atoms with Crippen molar-refractivity contribution in [3.05, 3.63) is 12.7 Å². The second kappa shape index (κ2) is 10.6. The van der Waals surface area contributed by atoms with Gasteiger partial charge in [-0.2, -0.15) is 0 Å². The Morgan fingerprint density at radius 1 is 1.00 bits per heavy atom. The van der Waals surface area contributed by atoms with E-state index in [1.54, 1.807) is 0 Å². The Kier molecular flexibility index (Phi) is 10.4. The molecule has 0 unspecified atom stereocenters. The maximum atomic E-state index is 9.47. The van der Waals surface area contributed by atoms with Crippen molar-refractivity contribution in [2.45, 2.75) is 109 Å². The van der Waals surface area contributed by atoms with Crippen molar-refractivity contribution in [1.29, 1.82) is 0 Å². The van der Waals surface area contributed by atoms with Crippen LogP contribution in [0.5, 0.6) is 0 Å². The Balaban J connectivity index is 5.90. The standard InChI is InChI=1S/C23H46O3Si2/c1-13-16-21(26-28(11,12)23(6,7)8)19(17-15-18-24)20(14-2)25-27(9,10)22(3,4)5/h1,14,19-21,24H,2,15-18H2,3-12H3/t19-,20-,21-/m1/s1. The number of aliphatic hydroxyl groups is 1.